The molecule has 4 aliphatic rings. The molecule has 0 unspecified atom stereocenters. The van der Waals surface area contributed by atoms with Gasteiger partial charge in [-0.25, -0.2) is 0 Å². The van der Waals surface area contributed by atoms with E-state index in [1.165, 1.54) is 31.3 Å². The largest absolute Gasteiger partial charge is 0.390 e. The maximum Gasteiger partial charge on any atom is 0.0757 e. The molecule has 0 heterocycles. The van der Waals surface area contributed by atoms with Crippen LogP contribution < -0.4 is 0 Å². The Hall–Kier alpha value is -0.380. The van der Waals surface area contributed by atoms with Crippen LogP contribution in [0, 0.1) is 40.4 Å². The van der Waals surface area contributed by atoms with Crippen LogP contribution in [0.3, 0.4) is 0 Å². The van der Waals surface area contributed by atoms with Gasteiger partial charge in [0.1, 0.15) is 0 Å². The number of rotatable bonds is 5. The van der Waals surface area contributed by atoms with E-state index in [1.54, 1.807) is 0 Å². The summed E-state index contributed by atoms with van der Waals surface area (Å²) in [5.41, 5.74) is 0.643. The van der Waals surface area contributed by atoms with Gasteiger partial charge in [0.15, 0.2) is 0 Å². The normalized spacial score (nSPS) is 48.4. The van der Waals surface area contributed by atoms with Crippen LogP contribution in [0.1, 0.15) is 106 Å². The number of hydrogen-bond donors (Lipinski definition) is 3. The van der Waals surface area contributed by atoms with Crippen LogP contribution in [0.15, 0.2) is 11.6 Å². The second-order valence-electron chi connectivity index (χ2n) is 13.2. The second-order valence-corrected chi connectivity index (χ2v) is 13.2. The van der Waals surface area contributed by atoms with Crippen molar-refractivity contribution in [3.8, 4) is 0 Å². The standard InChI is InChI=1S/C28H48O3/c1-7-28(31)15-14-26(5)19(17-28)16-23(29)24-21-9-8-20(18(2)10-12-25(3,4)30)27(21,6)13-11-22(24)26/h16,18,20-24,29-31H,7-15,17H2,1-6H3/t18-,20-,21+,22+,23-,24+,26+,27-,28+/m1/s1. The van der Waals surface area contributed by atoms with E-state index in [-0.39, 0.29) is 11.5 Å². The van der Waals surface area contributed by atoms with Gasteiger partial charge in [0.2, 0.25) is 0 Å². The van der Waals surface area contributed by atoms with E-state index in [4.69, 9.17) is 0 Å². The van der Waals surface area contributed by atoms with Crippen molar-refractivity contribution in [2.75, 3.05) is 0 Å². The zero-order valence-corrected chi connectivity index (χ0v) is 21.0. The van der Waals surface area contributed by atoms with Crippen molar-refractivity contribution in [1.29, 1.82) is 0 Å². The number of aliphatic hydroxyl groups is 3. The fourth-order valence-electron chi connectivity index (χ4n) is 8.76. The molecule has 0 aromatic heterocycles. The molecule has 4 rings (SSSR count). The molecule has 0 aliphatic heterocycles. The van der Waals surface area contributed by atoms with Crippen LogP contribution in [0.5, 0.6) is 0 Å². The summed E-state index contributed by atoms with van der Waals surface area (Å²) >= 11 is 0. The van der Waals surface area contributed by atoms with Crippen LogP contribution in [-0.2, 0) is 0 Å². The van der Waals surface area contributed by atoms with E-state index in [1.807, 2.05) is 13.8 Å². The molecule has 0 saturated heterocycles. The van der Waals surface area contributed by atoms with Crippen LogP contribution >= 0.6 is 0 Å². The first-order chi connectivity index (χ1) is 14.3. The fourth-order valence-corrected chi connectivity index (χ4v) is 8.76. The molecule has 3 N–H and O–H groups in total. The number of fused-ring (bicyclic) bond motifs is 5. The van der Waals surface area contributed by atoms with Crippen molar-refractivity contribution in [2.24, 2.45) is 40.4 Å². The van der Waals surface area contributed by atoms with Gasteiger partial charge in [-0.05, 0) is 118 Å². The van der Waals surface area contributed by atoms with Gasteiger partial charge in [-0.3, -0.25) is 0 Å². The summed E-state index contributed by atoms with van der Waals surface area (Å²) in [4.78, 5) is 0. The molecular formula is C28H48O3. The molecule has 9 atom stereocenters. The average Bonchev–Trinajstić information content (AvgIpc) is 3.04. The predicted octanol–water partition coefficient (Wildman–Crippen LogP) is 5.86. The quantitative estimate of drug-likeness (QED) is 0.477. The minimum absolute atomic E-state index is 0.150. The third kappa shape index (κ3) is 3.95. The lowest BCUT2D eigenvalue weighted by Crippen LogP contribution is -2.56. The molecular weight excluding hydrogens is 384 g/mol. The van der Waals surface area contributed by atoms with E-state index in [0.717, 1.165) is 38.5 Å². The summed E-state index contributed by atoms with van der Waals surface area (Å²) in [5.74, 6) is 2.83. The van der Waals surface area contributed by atoms with E-state index in [2.05, 4.69) is 33.8 Å². The van der Waals surface area contributed by atoms with Gasteiger partial charge in [-0.1, -0.05) is 39.3 Å². The van der Waals surface area contributed by atoms with Crippen LogP contribution in [0.25, 0.3) is 0 Å². The monoisotopic (exact) mass is 432 g/mol. The lowest BCUT2D eigenvalue weighted by molar-refractivity contribution is -0.108. The van der Waals surface area contributed by atoms with E-state index in [9.17, 15) is 15.3 Å². The minimum Gasteiger partial charge on any atom is -0.390 e. The predicted molar refractivity (Wildman–Crippen MR) is 127 cm³/mol. The Morgan fingerprint density at radius 1 is 1.10 bits per heavy atom. The maximum atomic E-state index is 11.4. The van der Waals surface area contributed by atoms with Crippen molar-refractivity contribution in [3.05, 3.63) is 11.6 Å². The van der Waals surface area contributed by atoms with Crippen LogP contribution in [0.4, 0.5) is 0 Å². The van der Waals surface area contributed by atoms with Crippen LogP contribution in [0.2, 0.25) is 0 Å². The highest BCUT2D eigenvalue weighted by Crippen LogP contribution is 2.67. The molecule has 0 amide bonds. The molecule has 0 radical (unpaired) electrons. The zero-order chi connectivity index (χ0) is 22.8. The summed E-state index contributed by atoms with van der Waals surface area (Å²) in [7, 11) is 0. The Bertz CT molecular complexity index is 708. The first-order valence-electron chi connectivity index (χ1n) is 13.2. The summed E-state index contributed by atoms with van der Waals surface area (Å²) in [5, 5.41) is 32.6. The van der Waals surface area contributed by atoms with Gasteiger partial charge < -0.3 is 15.3 Å². The highest BCUT2D eigenvalue weighted by Gasteiger charge is 2.61. The molecule has 0 spiro atoms. The van der Waals surface area contributed by atoms with Crippen molar-refractivity contribution in [3.63, 3.8) is 0 Å². The zero-order valence-electron chi connectivity index (χ0n) is 21.0. The number of hydrogen-bond acceptors (Lipinski definition) is 3. The molecule has 178 valence electrons. The minimum atomic E-state index is -0.582. The Balaban J connectivity index is 1.57. The molecule has 0 aromatic carbocycles. The van der Waals surface area contributed by atoms with Gasteiger partial charge in [0.25, 0.3) is 0 Å². The van der Waals surface area contributed by atoms with Gasteiger partial charge in [-0.2, -0.15) is 0 Å². The third-order valence-electron chi connectivity index (χ3n) is 10.9. The second kappa shape index (κ2) is 7.84. The smallest absolute Gasteiger partial charge is 0.0757 e. The van der Waals surface area contributed by atoms with Gasteiger partial charge >= 0.3 is 0 Å². The highest BCUT2D eigenvalue weighted by atomic mass is 16.3. The van der Waals surface area contributed by atoms with E-state index >= 15 is 0 Å². The molecule has 31 heavy (non-hydrogen) atoms. The third-order valence-corrected chi connectivity index (χ3v) is 10.9. The molecule has 0 aromatic rings. The van der Waals surface area contributed by atoms with Crippen molar-refractivity contribution < 1.29 is 15.3 Å². The maximum absolute atomic E-state index is 11.4. The van der Waals surface area contributed by atoms with Gasteiger partial charge in [0, 0.05) is 0 Å². The van der Waals surface area contributed by atoms with Crippen molar-refractivity contribution in [2.45, 2.75) is 123 Å². The lowest BCUT2D eigenvalue weighted by Gasteiger charge is -2.60. The highest BCUT2D eigenvalue weighted by molar-refractivity contribution is 5.29. The van der Waals surface area contributed by atoms with Gasteiger partial charge in [0.05, 0.1) is 17.3 Å². The Kier molecular flexibility index (Phi) is 6.01. The lowest BCUT2D eigenvalue weighted by atomic mass is 9.45. The van der Waals surface area contributed by atoms with Crippen molar-refractivity contribution in [1.82, 2.24) is 0 Å². The molecule has 3 heteroatoms. The summed E-state index contributed by atoms with van der Waals surface area (Å²) in [6, 6.07) is 0. The molecule has 4 aliphatic carbocycles. The Morgan fingerprint density at radius 3 is 2.45 bits per heavy atom. The van der Waals surface area contributed by atoms with Crippen LogP contribution in [-0.4, -0.2) is 32.6 Å². The molecule has 0 bridgehead atoms. The van der Waals surface area contributed by atoms with Crippen molar-refractivity contribution >= 4 is 0 Å². The average molecular weight is 433 g/mol. The SMILES string of the molecule is CC[C@]1(O)CC[C@@]2(C)C(=C[C@@H](O)[C@H]3[C@@H]4CC[C@H]([C@H](C)CCC(C)(C)O)[C@@]4(C)CC[C@@H]32)C1. The summed E-state index contributed by atoms with van der Waals surface area (Å²) in [6.07, 6.45) is 12.3. The molecule has 3 saturated carbocycles. The van der Waals surface area contributed by atoms with E-state index < -0.39 is 11.2 Å². The Morgan fingerprint density at radius 2 is 1.81 bits per heavy atom. The Labute approximate surface area is 190 Å². The number of aliphatic hydroxyl groups excluding tert-OH is 1. The first-order valence-corrected chi connectivity index (χ1v) is 13.2. The van der Waals surface area contributed by atoms with Gasteiger partial charge in [-0.15, -0.1) is 0 Å². The fraction of sp³-hybridized carbons (Fsp3) is 0.929. The summed E-state index contributed by atoms with van der Waals surface area (Å²) in [6.45, 7) is 13.3. The first kappa shape index (κ1) is 23.8. The molecule has 3 fully saturated rings. The molecule has 3 nitrogen and oxygen atoms in total. The summed E-state index contributed by atoms with van der Waals surface area (Å²) < 4.78 is 0. The topological polar surface area (TPSA) is 60.7 Å². The van der Waals surface area contributed by atoms with E-state index in [0.29, 0.717) is 35.0 Å².